The lowest BCUT2D eigenvalue weighted by atomic mass is 9.99. The van der Waals surface area contributed by atoms with Crippen molar-refractivity contribution in [2.24, 2.45) is 0 Å². The Hall–Kier alpha value is -4.45. The van der Waals surface area contributed by atoms with E-state index < -0.39 is 5.63 Å². The molecule has 0 saturated heterocycles. The number of benzene rings is 4. The molecule has 0 fully saturated rings. The molecule has 0 N–H and O–H groups in total. The molecular weight excluding hydrogens is 432 g/mol. The van der Waals surface area contributed by atoms with Crippen LogP contribution in [0.3, 0.4) is 0 Å². The van der Waals surface area contributed by atoms with Crippen LogP contribution in [0.15, 0.2) is 86.6 Å². The molecule has 4 aromatic carbocycles. The first-order chi connectivity index (χ1) is 16.7. The van der Waals surface area contributed by atoms with Crippen LogP contribution in [0.1, 0.15) is 5.56 Å². The molecule has 6 rings (SSSR count). The van der Waals surface area contributed by atoms with Gasteiger partial charge in [0.25, 0.3) is 0 Å². The van der Waals surface area contributed by atoms with E-state index in [1.165, 1.54) is 0 Å². The zero-order valence-electron chi connectivity index (χ0n) is 18.6. The minimum absolute atomic E-state index is 0.338. The maximum absolute atomic E-state index is 13.2. The van der Waals surface area contributed by atoms with Crippen molar-refractivity contribution >= 4 is 43.5 Å². The van der Waals surface area contributed by atoms with E-state index >= 15 is 0 Å². The molecule has 0 spiro atoms. The lowest BCUT2D eigenvalue weighted by molar-refractivity contribution is 0.308. The maximum Gasteiger partial charge on any atom is 0.348 e. The van der Waals surface area contributed by atoms with Gasteiger partial charge in [0, 0.05) is 21.5 Å². The first-order valence-electron chi connectivity index (χ1n) is 10.8. The van der Waals surface area contributed by atoms with E-state index in [4.69, 9.17) is 23.0 Å². The Kier molecular flexibility index (Phi) is 4.66. The van der Waals surface area contributed by atoms with Gasteiger partial charge in [0.2, 0.25) is 0 Å². The van der Waals surface area contributed by atoms with Crippen LogP contribution in [0, 0.1) is 0 Å². The molecule has 168 valence electrons. The van der Waals surface area contributed by atoms with Crippen LogP contribution in [0.4, 0.5) is 0 Å². The molecule has 0 radical (unpaired) electrons. The molecule has 2 aromatic heterocycles. The van der Waals surface area contributed by atoms with E-state index in [0.29, 0.717) is 56.6 Å². The highest BCUT2D eigenvalue weighted by Crippen LogP contribution is 2.44. The first kappa shape index (κ1) is 20.2. The van der Waals surface area contributed by atoms with Gasteiger partial charge in [-0.2, -0.15) is 0 Å². The summed E-state index contributed by atoms with van der Waals surface area (Å²) in [7, 11) is 3.19. The molecular formula is C28H20O6. The van der Waals surface area contributed by atoms with Crippen molar-refractivity contribution in [3.8, 4) is 17.2 Å². The van der Waals surface area contributed by atoms with Crippen LogP contribution < -0.4 is 19.8 Å². The van der Waals surface area contributed by atoms with Gasteiger partial charge in [-0.25, -0.2) is 4.79 Å². The average molecular weight is 452 g/mol. The second-order valence-corrected chi connectivity index (χ2v) is 7.97. The van der Waals surface area contributed by atoms with E-state index in [-0.39, 0.29) is 0 Å². The fourth-order valence-electron chi connectivity index (χ4n) is 4.55. The smallest absolute Gasteiger partial charge is 0.348 e. The Bertz CT molecular complexity index is 1740. The van der Waals surface area contributed by atoms with Crippen molar-refractivity contribution < 1.29 is 23.0 Å². The largest absolute Gasteiger partial charge is 0.496 e. The van der Waals surface area contributed by atoms with Gasteiger partial charge in [0.1, 0.15) is 40.4 Å². The topological polar surface area (TPSA) is 71.0 Å². The second kappa shape index (κ2) is 7.85. The molecule has 6 heteroatoms. The Morgan fingerprint density at radius 2 is 1.53 bits per heavy atom. The fraction of sp³-hybridized carbons (Fsp3) is 0.107. The summed E-state index contributed by atoms with van der Waals surface area (Å²) >= 11 is 0. The third kappa shape index (κ3) is 2.99. The predicted octanol–water partition coefficient (Wildman–Crippen LogP) is 6.44. The Labute approximate surface area is 193 Å². The van der Waals surface area contributed by atoms with Crippen LogP contribution >= 0.6 is 0 Å². The van der Waals surface area contributed by atoms with Crippen LogP contribution in [-0.4, -0.2) is 14.2 Å². The third-order valence-corrected chi connectivity index (χ3v) is 6.09. The van der Waals surface area contributed by atoms with Crippen molar-refractivity contribution in [3.05, 3.63) is 89.0 Å². The van der Waals surface area contributed by atoms with Gasteiger partial charge in [0.15, 0.2) is 0 Å². The second-order valence-electron chi connectivity index (χ2n) is 7.97. The number of ether oxygens (including phenoxy) is 3. The highest BCUT2D eigenvalue weighted by Gasteiger charge is 2.22. The van der Waals surface area contributed by atoms with Gasteiger partial charge in [-0.05, 0) is 29.8 Å². The molecule has 0 amide bonds. The zero-order chi connectivity index (χ0) is 23.2. The summed E-state index contributed by atoms with van der Waals surface area (Å²) in [5.74, 6) is 1.79. The number of furan rings is 1. The summed E-state index contributed by atoms with van der Waals surface area (Å²) in [5, 5.41) is 3.85. The monoisotopic (exact) mass is 452 g/mol. The number of fused-ring (bicyclic) bond motifs is 7. The SMILES string of the molecule is COc1cc2c(oc(=O)c3c4occc4cc(OC)c23)c2cccc(OCc3ccccc3)c12. The highest BCUT2D eigenvalue weighted by atomic mass is 16.5. The van der Waals surface area contributed by atoms with Gasteiger partial charge >= 0.3 is 5.63 Å². The molecule has 2 heterocycles. The number of methoxy groups -OCH3 is 2. The Morgan fingerprint density at radius 1 is 0.735 bits per heavy atom. The Balaban J connectivity index is 1.67. The van der Waals surface area contributed by atoms with Gasteiger partial charge < -0.3 is 23.0 Å². The van der Waals surface area contributed by atoms with E-state index in [2.05, 4.69) is 0 Å². The van der Waals surface area contributed by atoms with Crippen molar-refractivity contribution in [1.82, 2.24) is 0 Å². The molecule has 0 aliphatic heterocycles. The average Bonchev–Trinajstić information content (AvgIpc) is 3.35. The normalized spacial score (nSPS) is 11.5. The lowest BCUT2D eigenvalue weighted by Crippen LogP contribution is -2.03. The molecule has 0 bridgehead atoms. The van der Waals surface area contributed by atoms with Crippen LogP contribution in [-0.2, 0) is 6.61 Å². The summed E-state index contributed by atoms with van der Waals surface area (Å²) in [6.07, 6.45) is 1.55. The molecule has 6 nitrogen and oxygen atoms in total. The molecule has 0 saturated carbocycles. The van der Waals surface area contributed by atoms with Gasteiger partial charge in [-0.1, -0.05) is 42.5 Å². The zero-order valence-corrected chi connectivity index (χ0v) is 18.6. The van der Waals surface area contributed by atoms with E-state index in [1.807, 2.05) is 60.7 Å². The predicted molar refractivity (Wildman–Crippen MR) is 131 cm³/mol. The minimum Gasteiger partial charge on any atom is -0.496 e. The summed E-state index contributed by atoms with van der Waals surface area (Å²) in [6.45, 7) is 0.396. The van der Waals surface area contributed by atoms with E-state index in [1.54, 1.807) is 26.5 Å². The van der Waals surface area contributed by atoms with Crippen molar-refractivity contribution in [2.75, 3.05) is 14.2 Å². The summed E-state index contributed by atoms with van der Waals surface area (Å²) in [4.78, 5) is 13.2. The van der Waals surface area contributed by atoms with Crippen LogP contribution in [0.2, 0.25) is 0 Å². The molecule has 0 aliphatic rings. The minimum atomic E-state index is -0.497. The highest BCUT2D eigenvalue weighted by molar-refractivity contribution is 6.22. The summed E-state index contributed by atoms with van der Waals surface area (Å²) in [5.41, 5.74) is 1.44. The van der Waals surface area contributed by atoms with Crippen molar-refractivity contribution in [2.45, 2.75) is 6.61 Å². The van der Waals surface area contributed by atoms with Crippen molar-refractivity contribution in [1.29, 1.82) is 0 Å². The fourth-order valence-corrected chi connectivity index (χ4v) is 4.55. The summed E-state index contributed by atoms with van der Waals surface area (Å²) in [6, 6.07) is 21.1. The molecule has 0 atom stereocenters. The number of rotatable bonds is 5. The molecule has 0 aliphatic carbocycles. The maximum atomic E-state index is 13.2. The molecule has 6 aromatic rings. The number of hydrogen-bond donors (Lipinski definition) is 0. The first-order valence-corrected chi connectivity index (χ1v) is 10.8. The molecule has 0 unspecified atom stereocenters. The third-order valence-electron chi connectivity index (χ3n) is 6.09. The van der Waals surface area contributed by atoms with Crippen LogP contribution in [0.5, 0.6) is 17.2 Å². The summed E-state index contributed by atoms with van der Waals surface area (Å²) < 4.78 is 29.2. The molecule has 34 heavy (non-hydrogen) atoms. The quantitative estimate of drug-likeness (QED) is 0.221. The van der Waals surface area contributed by atoms with Gasteiger partial charge in [0.05, 0.1) is 25.9 Å². The van der Waals surface area contributed by atoms with Gasteiger partial charge in [-0.15, -0.1) is 0 Å². The standard InChI is InChI=1S/C28H20O6/c1-30-21-13-17-11-12-32-26(17)25-24(21)19-14-22(31-2)23-18(27(19)34-28(25)29)9-6-10-20(23)33-15-16-7-4-3-5-8-16/h3-14H,15H2,1-2H3. The van der Waals surface area contributed by atoms with Crippen molar-refractivity contribution in [3.63, 3.8) is 0 Å². The van der Waals surface area contributed by atoms with Crippen LogP contribution in [0.25, 0.3) is 43.5 Å². The van der Waals surface area contributed by atoms with Gasteiger partial charge in [-0.3, -0.25) is 0 Å². The van der Waals surface area contributed by atoms with E-state index in [9.17, 15) is 4.79 Å². The lowest BCUT2D eigenvalue weighted by Gasteiger charge is -2.15. The number of hydrogen-bond acceptors (Lipinski definition) is 6. The van der Waals surface area contributed by atoms with E-state index in [0.717, 1.165) is 16.3 Å². The Morgan fingerprint density at radius 3 is 2.32 bits per heavy atom.